The lowest BCUT2D eigenvalue weighted by atomic mass is 9.96. The summed E-state index contributed by atoms with van der Waals surface area (Å²) in [4.78, 5) is 6.66. The molecule has 0 aromatic carbocycles. The van der Waals surface area contributed by atoms with Crippen LogP contribution in [-0.2, 0) is 22.6 Å². The third-order valence-corrected chi connectivity index (χ3v) is 5.25. The molecule has 0 unspecified atom stereocenters. The maximum absolute atomic E-state index is 5.45. The molecule has 1 saturated heterocycles. The SMILES string of the molecule is CN=C(NCc1c(C)nn(CCOC)c1C)N(C)CCC1CCOCC1. The molecule has 2 heterocycles. The number of hydrogen-bond acceptors (Lipinski definition) is 4. The summed E-state index contributed by atoms with van der Waals surface area (Å²) in [6.45, 7) is 9.19. The monoisotopic (exact) mass is 365 g/mol. The lowest BCUT2D eigenvalue weighted by molar-refractivity contribution is 0.0625. The van der Waals surface area contributed by atoms with Crippen LogP contribution in [0.25, 0.3) is 0 Å². The molecule has 0 aliphatic carbocycles. The molecule has 1 aliphatic rings. The maximum atomic E-state index is 5.45. The van der Waals surface area contributed by atoms with E-state index in [0.717, 1.165) is 50.4 Å². The van der Waals surface area contributed by atoms with Crippen LogP contribution in [0.2, 0.25) is 0 Å². The van der Waals surface area contributed by atoms with Crippen LogP contribution in [0.15, 0.2) is 4.99 Å². The molecule has 0 spiro atoms. The summed E-state index contributed by atoms with van der Waals surface area (Å²) in [5.74, 6) is 1.70. The highest BCUT2D eigenvalue weighted by molar-refractivity contribution is 5.79. The first-order chi connectivity index (χ1) is 12.6. The predicted octanol–water partition coefficient (Wildman–Crippen LogP) is 1.97. The van der Waals surface area contributed by atoms with Gasteiger partial charge in [0, 0.05) is 58.8 Å². The molecule has 0 amide bonds. The Balaban J connectivity index is 1.86. The van der Waals surface area contributed by atoms with Crippen LogP contribution >= 0.6 is 0 Å². The maximum Gasteiger partial charge on any atom is 0.193 e. The van der Waals surface area contributed by atoms with Crippen LogP contribution in [0.4, 0.5) is 0 Å². The van der Waals surface area contributed by atoms with E-state index in [1.807, 2.05) is 11.7 Å². The van der Waals surface area contributed by atoms with Crippen molar-refractivity contribution in [3.63, 3.8) is 0 Å². The molecule has 148 valence electrons. The van der Waals surface area contributed by atoms with Crippen molar-refractivity contribution in [1.29, 1.82) is 0 Å². The molecule has 1 aromatic rings. The van der Waals surface area contributed by atoms with Crippen LogP contribution in [0, 0.1) is 19.8 Å². The summed E-state index contributed by atoms with van der Waals surface area (Å²) >= 11 is 0. The predicted molar refractivity (Wildman–Crippen MR) is 105 cm³/mol. The van der Waals surface area contributed by atoms with E-state index in [0.29, 0.717) is 6.61 Å². The highest BCUT2D eigenvalue weighted by Gasteiger charge is 2.16. The Morgan fingerprint density at radius 1 is 1.38 bits per heavy atom. The Morgan fingerprint density at radius 2 is 2.12 bits per heavy atom. The zero-order valence-corrected chi connectivity index (χ0v) is 17.0. The number of aliphatic imine (C=N–C) groups is 1. The van der Waals surface area contributed by atoms with Crippen molar-refractivity contribution in [2.45, 2.75) is 46.2 Å². The number of methoxy groups -OCH3 is 1. The van der Waals surface area contributed by atoms with E-state index in [4.69, 9.17) is 9.47 Å². The van der Waals surface area contributed by atoms with Crippen LogP contribution in [0.5, 0.6) is 0 Å². The zero-order chi connectivity index (χ0) is 18.9. The Kier molecular flexibility index (Phi) is 8.38. The van der Waals surface area contributed by atoms with Gasteiger partial charge in [-0.15, -0.1) is 0 Å². The summed E-state index contributed by atoms with van der Waals surface area (Å²) in [7, 11) is 5.67. The molecule has 1 aliphatic heterocycles. The number of guanidine groups is 1. The van der Waals surface area contributed by atoms with Gasteiger partial charge >= 0.3 is 0 Å². The third-order valence-electron chi connectivity index (χ3n) is 5.25. The van der Waals surface area contributed by atoms with Crippen LogP contribution in [0.1, 0.15) is 36.2 Å². The summed E-state index contributed by atoms with van der Waals surface area (Å²) in [5, 5.41) is 8.12. The van der Waals surface area contributed by atoms with Gasteiger partial charge in [0.1, 0.15) is 0 Å². The van der Waals surface area contributed by atoms with Gasteiger partial charge in [-0.2, -0.15) is 5.10 Å². The van der Waals surface area contributed by atoms with E-state index in [1.54, 1.807) is 7.11 Å². The van der Waals surface area contributed by atoms with E-state index < -0.39 is 0 Å². The van der Waals surface area contributed by atoms with Gasteiger partial charge in [-0.1, -0.05) is 0 Å². The lowest BCUT2D eigenvalue weighted by Crippen LogP contribution is -2.39. The standard InChI is InChI=1S/C19H35N5O2/c1-15-18(16(2)24(22-15)10-13-25-5)14-21-19(20-3)23(4)9-6-17-7-11-26-12-8-17/h17H,6-14H2,1-5H3,(H,20,21). The minimum atomic E-state index is 0.672. The second-order valence-corrected chi connectivity index (χ2v) is 7.03. The minimum Gasteiger partial charge on any atom is -0.383 e. The van der Waals surface area contributed by atoms with Crippen LogP contribution in [-0.4, -0.2) is 68.2 Å². The smallest absolute Gasteiger partial charge is 0.193 e. The van der Waals surface area contributed by atoms with Gasteiger partial charge in [-0.25, -0.2) is 0 Å². The number of hydrogen-bond donors (Lipinski definition) is 1. The van der Waals surface area contributed by atoms with Gasteiger partial charge < -0.3 is 19.7 Å². The van der Waals surface area contributed by atoms with Crippen molar-refractivity contribution >= 4 is 5.96 Å². The molecular formula is C19H35N5O2. The number of nitrogens with one attached hydrogen (secondary N) is 1. The van der Waals surface area contributed by atoms with Crippen molar-refractivity contribution in [2.75, 3.05) is 47.6 Å². The van der Waals surface area contributed by atoms with Gasteiger partial charge in [-0.3, -0.25) is 9.67 Å². The molecule has 7 nitrogen and oxygen atoms in total. The average molecular weight is 366 g/mol. The quantitative estimate of drug-likeness (QED) is 0.564. The number of ether oxygens (including phenoxy) is 2. The molecule has 1 fully saturated rings. The van der Waals surface area contributed by atoms with Gasteiger partial charge in [0.2, 0.25) is 0 Å². The van der Waals surface area contributed by atoms with E-state index in [2.05, 4.69) is 41.2 Å². The molecule has 7 heteroatoms. The van der Waals surface area contributed by atoms with Crippen molar-refractivity contribution in [3.8, 4) is 0 Å². The fourth-order valence-corrected chi connectivity index (χ4v) is 3.45. The first kappa shape index (κ1) is 20.7. The van der Waals surface area contributed by atoms with Gasteiger partial charge in [0.05, 0.1) is 18.8 Å². The Hall–Kier alpha value is -1.60. The minimum absolute atomic E-state index is 0.672. The van der Waals surface area contributed by atoms with Gasteiger partial charge in [-0.05, 0) is 39.0 Å². The highest BCUT2D eigenvalue weighted by Crippen LogP contribution is 2.18. The largest absolute Gasteiger partial charge is 0.383 e. The fourth-order valence-electron chi connectivity index (χ4n) is 3.45. The molecule has 1 N–H and O–H groups in total. The van der Waals surface area contributed by atoms with Crippen molar-refractivity contribution in [2.24, 2.45) is 10.9 Å². The number of aryl methyl sites for hydroxylation is 1. The fraction of sp³-hybridized carbons (Fsp3) is 0.789. The Morgan fingerprint density at radius 3 is 2.77 bits per heavy atom. The second kappa shape index (κ2) is 10.5. The second-order valence-electron chi connectivity index (χ2n) is 7.03. The number of aromatic nitrogens is 2. The summed E-state index contributed by atoms with van der Waals surface area (Å²) in [6.07, 6.45) is 3.55. The first-order valence-corrected chi connectivity index (χ1v) is 9.58. The van der Waals surface area contributed by atoms with Crippen LogP contribution in [0.3, 0.4) is 0 Å². The summed E-state index contributed by atoms with van der Waals surface area (Å²) in [6, 6.07) is 0. The highest BCUT2D eigenvalue weighted by atomic mass is 16.5. The van der Waals surface area contributed by atoms with Crippen molar-refractivity contribution < 1.29 is 9.47 Å². The number of rotatable bonds is 8. The van der Waals surface area contributed by atoms with E-state index >= 15 is 0 Å². The molecule has 0 bridgehead atoms. The molecule has 0 radical (unpaired) electrons. The molecule has 0 atom stereocenters. The van der Waals surface area contributed by atoms with Crippen LogP contribution < -0.4 is 5.32 Å². The summed E-state index contributed by atoms with van der Waals surface area (Å²) < 4.78 is 12.6. The summed E-state index contributed by atoms with van der Waals surface area (Å²) in [5.41, 5.74) is 3.49. The van der Waals surface area contributed by atoms with Gasteiger partial charge in [0.15, 0.2) is 5.96 Å². The van der Waals surface area contributed by atoms with E-state index in [9.17, 15) is 0 Å². The molecule has 1 aromatic heterocycles. The molecule has 0 saturated carbocycles. The van der Waals surface area contributed by atoms with Crippen molar-refractivity contribution in [1.82, 2.24) is 20.0 Å². The lowest BCUT2D eigenvalue weighted by Gasteiger charge is -2.26. The Bertz CT molecular complexity index is 579. The average Bonchev–Trinajstić information content (AvgIpc) is 2.93. The Labute approximate surface area is 157 Å². The molecular weight excluding hydrogens is 330 g/mol. The molecule has 26 heavy (non-hydrogen) atoms. The third kappa shape index (κ3) is 5.71. The normalized spacial score (nSPS) is 16.1. The van der Waals surface area contributed by atoms with Crippen molar-refractivity contribution in [3.05, 3.63) is 17.0 Å². The van der Waals surface area contributed by atoms with E-state index in [1.165, 1.54) is 30.5 Å². The number of nitrogens with zero attached hydrogens (tertiary/aromatic N) is 4. The van der Waals surface area contributed by atoms with Gasteiger partial charge in [0.25, 0.3) is 0 Å². The first-order valence-electron chi connectivity index (χ1n) is 9.58. The van der Waals surface area contributed by atoms with E-state index in [-0.39, 0.29) is 0 Å². The zero-order valence-electron chi connectivity index (χ0n) is 17.0. The topological polar surface area (TPSA) is 63.9 Å². The molecule has 2 rings (SSSR count).